The van der Waals surface area contributed by atoms with Crippen LogP contribution in [0.3, 0.4) is 0 Å². The molecule has 0 fully saturated rings. The second kappa shape index (κ2) is 2.74. The molecular weight excluding hydrogens is 195 g/mol. The van der Waals surface area contributed by atoms with E-state index in [2.05, 4.69) is 4.98 Å². The minimum Gasteiger partial charge on any atom is -0.542 e. The largest absolute Gasteiger partial charge is 0.542 e. The van der Waals surface area contributed by atoms with Crippen molar-refractivity contribution in [2.24, 2.45) is 0 Å². The molecule has 1 heterocycles. The van der Waals surface area contributed by atoms with Crippen molar-refractivity contribution in [3.63, 3.8) is 0 Å². The zero-order chi connectivity index (χ0) is 9.35. The summed E-state index contributed by atoms with van der Waals surface area (Å²) in [5.41, 5.74) is -1.20. The molecule has 1 aromatic heterocycles. The van der Waals surface area contributed by atoms with Gasteiger partial charge in [0.1, 0.15) is 11.0 Å². The second-order valence-corrected chi connectivity index (χ2v) is 2.68. The van der Waals surface area contributed by atoms with Crippen LogP contribution in [0.15, 0.2) is 5.38 Å². The molecule has 66 valence electrons. The summed E-state index contributed by atoms with van der Waals surface area (Å²) in [5, 5.41) is 9.98. The Hall–Kier alpha value is -1.11. The van der Waals surface area contributed by atoms with Crippen LogP contribution in [0.4, 0.5) is 13.2 Å². The number of carbonyl (C=O) groups excluding carboxylic acids is 1. The van der Waals surface area contributed by atoms with Gasteiger partial charge in [-0.1, -0.05) is 0 Å². The molecule has 7 heteroatoms. The van der Waals surface area contributed by atoms with Crippen LogP contribution in [-0.2, 0) is 6.18 Å². The van der Waals surface area contributed by atoms with E-state index in [9.17, 15) is 23.1 Å². The fourth-order valence-corrected chi connectivity index (χ4v) is 1.15. The lowest BCUT2D eigenvalue weighted by Gasteiger charge is -1.99. The number of halogens is 3. The molecule has 0 saturated carbocycles. The first-order chi connectivity index (χ1) is 5.41. The first kappa shape index (κ1) is 8.98. The van der Waals surface area contributed by atoms with Gasteiger partial charge in [0.15, 0.2) is 5.69 Å². The number of aromatic nitrogens is 1. The van der Waals surface area contributed by atoms with E-state index in [0.29, 0.717) is 16.7 Å². The molecule has 0 radical (unpaired) electrons. The van der Waals surface area contributed by atoms with Crippen LogP contribution in [0.25, 0.3) is 0 Å². The molecule has 0 aliphatic heterocycles. The molecule has 0 amide bonds. The van der Waals surface area contributed by atoms with Gasteiger partial charge in [0.05, 0.1) is 0 Å². The molecule has 0 bridgehead atoms. The summed E-state index contributed by atoms with van der Waals surface area (Å²) in [7, 11) is 0. The highest BCUT2D eigenvalue weighted by Gasteiger charge is 2.33. The van der Waals surface area contributed by atoms with Gasteiger partial charge in [0, 0.05) is 5.38 Å². The normalized spacial score (nSPS) is 11.6. The van der Waals surface area contributed by atoms with Crippen molar-refractivity contribution in [1.82, 2.24) is 4.98 Å². The highest BCUT2D eigenvalue weighted by atomic mass is 32.1. The van der Waals surface area contributed by atoms with Gasteiger partial charge in [-0.3, -0.25) is 0 Å². The lowest BCUT2D eigenvalue weighted by molar-refractivity contribution is -0.255. The molecule has 0 unspecified atom stereocenters. The number of hydrogen-bond donors (Lipinski definition) is 0. The smallest absolute Gasteiger partial charge is 0.434 e. The molecule has 12 heavy (non-hydrogen) atoms. The molecule has 1 aromatic rings. The van der Waals surface area contributed by atoms with Crippen molar-refractivity contribution in [1.29, 1.82) is 0 Å². The molecule has 0 aromatic carbocycles. The van der Waals surface area contributed by atoms with Crippen LogP contribution in [0.5, 0.6) is 0 Å². The highest BCUT2D eigenvalue weighted by Crippen LogP contribution is 2.29. The number of carboxylic acid groups (broad SMARTS) is 1. The van der Waals surface area contributed by atoms with Crippen LogP contribution in [-0.4, -0.2) is 11.0 Å². The van der Waals surface area contributed by atoms with Crippen molar-refractivity contribution in [3.8, 4) is 0 Å². The minimum atomic E-state index is -4.59. The Kier molecular flexibility index (Phi) is 2.05. The van der Waals surface area contributed by atoms with Gasteiger partial charge in [0.2, 0.25) is 0 Å². The van der Waals surface area contributed by atoms with Gasteiger partial charge < -0.3 is 9.90 Å². The van der Waals surface area contributed by atoms with E-state index in [4.69, 9.17) is 0 Å². The summed E-state index contributed by atoms with van der Waals surface area (Å²) in [6.07, 6.45) is -4.59. The van der Waals surface area contributed by atoms with Gasteiger partial charge in [-0.2, -0.15) is 13.2 Å². The molecule has 3 nitrogen and oxygen atoms in total. The number of hydrogen-bond acceptors (Lipinski definition) is 4. The summed E-state index contributed by atoms with van der Waals surface area (Å²) < 4.78 is 35.4. The highest BCUT2D eigenvalue weighted by molar-refractivity contribution is 7.11. The average Bonchev–Trinajstić information content (AvgIpc) is 2.30. The minimum absolute atomic E-state index is 0.391. The number of aromatic carboxylic acids is 1. The molecular formula is C5HF3NO2S-. The van der Waals surface area contributed by atoms with E-state index in [0.717, 1.165) is 0 Å². The number of alkyl halides is 3. The molecule has 0 aliphatic carbocycles. The lowest BCUT2D eigenvalue weighted by Crippen LogP contribution is -2.22. The first-order valence-electron chi connectivity index (χ1n) is 2.65. The standard InChI is InChI=1S/C5H2F3NO2S/c6-5(7,8)2-1-12-3(9-2)4(10)11/h1H,(H,10,11)/p-1. The molecule has 0 atom stereocenters. The predicted molar refractivity (Wildman–Crippen MR) is 31.4 cm³/mol. The number of thiazole rings is 1. The van der Waals surface area contributed by atoms with Gasteiger partial charge in [-0.05, 0) is 0 Å². The van der Waals surface area contributed by atoms with Gasteiger partial charge in [-0.15, -0.1) is 11.3 Å². The lowest BCUT2D eigenvalue weighted by atomic mass is 10.5. The zero-order valence-corrected chi connectivity index (χ0v) is 6.20. The average molecular weight is 196 g/mol. The van der Waals surface area contributed by atoms with Gasteiger partial charge >= 0.3 is 6.18 Å². The summed E-state index contributed by atoms with van der Waals surface area (Å²) in [5.74, 6) is -1.70. The van der Waals surface area contributed by atoms with E-state index in [1.807, 2.05) is 0 Å². The van der Waals surface area contributed by atoms with E-state index in [-0.39, 0.29) is 0 Å². The van der Waals surface area contributed by atoms with Crippen LogP contribution in [0.2, 0.25) is 0 Å². The Morgan fingerprint density at radius 3 is 2.42 bits per heavy atom. The number of carbonyl (C=O) groups is 1. The third-order valence-electron chi connectivity index (χ3n) is 0.969. The number of nitrogens with zero attached hydrogens (tertiary/aromatic N) is 1. The maximum atomic E-state index is 11.8. The maximum absolute atomic E-state index is 11.8. The van der Waals surface area contributed by atoms with Crippen molar-refractivity contribution >= 4 is 17.3 Å². The van der Waals surface area contributed by atoms with Crippen molar-refractivity contribution in [2.45, 2.75) is 6.18 Å². The van der Waals surface area contributed by atoms with E-state index >= 15 is 0 Å². The number of carboxylic acids is 1. The Balaban J connectivity index is 3.00. The Morgan fingerprint density at radius 1 is 1.58 bits per heavy atom. The van der Waals surface area contributed by atoms with E-state index in [1.165, 1.54) is 0 Å². The number of rotatable bonds is 1. The summed E-state index contributed by atoms with van der Waals surface area (Å²) in [6.45, 7) is 0. The van der Waals surface area contributed by atoms with Crippen LogP contribution >= 0.6 is 11.3 Å². The fraction of sp³-hybridized carbons (Fsp3) is 0.200. The SMILES string of the molecule is O=C([O-])c1nc(C(F)(F)F)cs1. The van der Waals surface area contributed by atoms with Crippen molar-refractivity contribution < 1.29 is 23.1 Å². The Bertz CT molecular complexity index is 306. The zero-order valence-electron chi connectivity index (χ0n) is 5.38. The summed E-state index contributed by atoms with van der Waals surface area (Å²) >= 11 is 0.391. The van der Waals surface area contributed by atoms with E-state index < -0.39 is 22.8 Å². The third kappa shape index (κ3) is 1.73. The molecule has 1 rings (SSSR count). The monoisotopic (exact) mass is 196 g/mol. The van der Waals surface area contributed by atoms with Crippen LogP contribution in [0.1, 0.15) is 15.5 Å². The quantitative estimate of drug-likeness (QED) is 0.658. The fourth-order valence-electron chi connectivity index (χ4n) is 0.498. The van der Waals surface area contributed by atoms with Crippen LogP contribution < -0.4 is 5.11 Å². The Morgan fingerprint density at radius 2 is 2.17 bits per heavy atom. The molecule has 0 aliphatic rings. The second-order valence-electron chi connectivity index (χ2n) is 1.82. The Labute approximate surface area is 68.5 Å². The maximum Gasteiger partial charge on any atom is 0.434 e. The van der Waals surface area contributed by atoms with Gasteiger partial charge in [-0.25, -0.2) is 4.98 Å². The third-order valence-corrected chi connectivity index (χ3v) is 1.79. The summed E-state index contributed by atoms with van der Waals surface area (Å²) in [6, 6.07) is 0. The first-order valence-corrected chi connectivity index (χ1v) is 3.53. The predicted octanol–water partition coefficient (Wildman–Crippen LogP) is 0.525. The van der Waals surface area contributed by atoms with Crippen molar-refractivity contribution in [3.05, 3.63) is 16.1 Å². The summed E-state index contributed by atoms with van der Waals surface area (Å²) in [4.78, 5) is 12.8. The molecule has 0 N–H and O–H groups in total. The van der Waals surface area contributed by atoms with Crippen LogP contribution in [0, 0.1) is 0 Å². The topological polar surface area (TPSA) is 53.0 Å². The molecule has 0 spiro atoms. The molecule has 0 saturated heterocycles. The van der Waals surface area contributed by atoms with E-state index in [1.54, 1.807) is 0 Å². The van der Waals surface area contributed by atoms with Crippen molar-refractivity contribution in [2.75, 3.05) is 0 Å². The van der Waals surface area contributed by atoms with Gasteiger partial charge in [0.25, 0.3) is 0 Å².